The second kappa shape index (κ2) is 7.40. The molecule has 3 aromatic rings. The SMILES string of the molecule is CCc1cc2c(=O)n(CCOc3ccc(C)cc3)c(SC)nc2s1. The maximum absolute atomic E-state index is 12.8. The van der Waals surface area contributed by atoms with E-state index in [9.17, 15) is 4.79 Å². The summed E-state index contributed by atoms with van der Waals surface area (Å²) in [7, 11) is 0. The molecule has 0 aliphatic rings. The van der Waals surface area contributed by atoms with Crippen LogP contribution in [0.5, 0.6) is 5.75 Å². The highest BCUT2D eigenvalue weighted by Crippen LogP contribution is 2.24. The van der Waals surface area contributed by atoms with Gasteiger partial charge in [0.2, 0.25) is 0 Å². The highest BCUT2D eigenvalue weighted by molar-refractivity contribution is 7.98. The Morgan fingerprint density at radius 3 is 2.71 bits per heavy atom. The number of aromatic nitrogens is 2. The Hall–Kier alpha value is -1.79. The predicted molar refractivity (Wildman–Crippen MR) is 102 cm³/mol. The summed E-state index contributed by atoms with van der Waals surface area (Å²) in [6.07, 6.45) is 2.87. The number of rotatable bonds is 6. The van der Waals surface area contributed by atoms with Crippen molar-refractivity contribution in [1.29, 1.82) is 0 Å². The lowest BCUT2D eigenvalue weighted by atomic mass is 10.2. The van der Waals surface area contributed by atoms with Crippen LogP contribution < -0.4 is 10.3 Å². The van der Waals surface area contributed by atoms with Crippen LogP contribution in [0.2, 0.25) is 0 Å². The average molecular weight is 361 g/mol. The van der Waals surface area contributed by atoms with Crippen molar-refractivity contribution in [3.05, 3.63) is 51.1 Å². The zero-order valence-corrected chi connectivity index (χ0v) is 15.7. The molecule has 0 unspecified atom stereocenters. The van der Waals surface area contributed by atoms with Crippen LogP contribution in [0.1, 0.15) is 17.4 Å². The van der Waals surface area contributed by atoms with Gasteiger partial charge in [0.1, 0.15) is 17.2 Å². The maximum atomic E-state index is 12.8. The van der Waals surface area contributed by atoms with E-state index in [2.05, 4.69) is 11.9 Å². The van der Waals surface area contributed by atoms with Gasteiger partial charge in [0.25, 0.3) is 5.56 Å². The minimum absolute atomic E-state index is 0.0211. The first-order valence-corrected chi connectivity index (χ1v) is 9.93. The molecule has 0 radical (unpaired) electrons. The molecule has 0 fully saturated rings. The van der Waals surface area contributed by atoms with E-state index >= 15 is 0 Å². The quantitative estimate of drug-likeness (QED) is 0.490. The van der Waals surface area contributed by atoms with Crippen molar-refractivity contribution >= 4 is 33.3 Å². The van der Waals surface area contributed by atoms with Gasteiger partial charge in [-0.3, -0.25) is 9.36 Å². The molecule has 3 rings (SSSR count). The first kappa shape index (κ1) is 17.0. The topological polar surface area (TPSA) is 44.1 Å². The van der Waals surface area contributed by atoms with E-state index in [0.29, 0.717) is 18.5 Å². The van der Waals surface area contributed by atoms with E-state index in [4.69, 9.17) is 4.74 Å². The molecule has 126 valence electrons. The molecular formula is C18H20N2O2S2. The zero-order chi connectivity index (χ0) is 17.1. The number of nitrogens with zero attached hydrogens (tertiary/aromatic N) is 2. The Morgan fingerprint density at radius 2 is 2.04 bits per heavy atom. The van der Waals surface area contributed by atoms with Crippen LogP contribution in [0.25, 0.3) is 10.2 Å². The van der Waals surface area contributed by atoms with Crippen LogP contribution in [0.15, 0.2) is 40.3 Å². The number of fused-ring (bicyclic) bond motifs is 1. The summed E-state index contributed by atoms with van der Waals surface area (Å²) in [5.74, 6) is 0.817. The zero-order valence-electron chi connectivity index (χ0n) is 14.0. The minimum atomic E-state index is 0.0211. The van der Waals surface area contributed by atoms with Gasteiger partial charge in [-0.2, -0.15) is 0 Å². The second-order valence-corrected chi connectivity index (χ2v) is 7.39. The van der Waals surface area contributed by atoms with Gasteiger partial charge in [-0.05, 0) is 37.8 Å². The molecule has 4 nitrogen and oxygen atoms in total. The summed E-state index contributed by atoms with van der Waals surface area (Å²) in [4.78, 5) is 19.5. The number of thiophene rings is 1. The fourth-order valence-corrected chi connectivity index (χ4v) is 4.06. The van der Waals surface area contributed by atoms with Crippen molar-refractivity contribution in [2.24, 2.45) is 0 Å². The monoisotopic (exact) mass is 360 g/mol. The molecule has 1 aromatic carbocycles. The third-order valence-corrected chi connectivity index (χ3v) is 5.65. The first-order chi connectivity index (χ1) is 11.6. The molecule has 2 heterocycles. The minimum Gasteiger partial charge on any atom is -0.492 e. The molecule has 6 heteroatoms. The molecular weight excluding hydrogens is 340 g/mol. The Labute approximate surface area is 149 Å². The predicted octanol–water partition coefficient (Wildman–Crippen LogP) is 4.13. The molecule has 0 spiro atoms. The fourth-order valence-electron chi connectivity index (χ4n) is 2.46. The Morgan fingerprint density at radius 1 is 1.29 bits per heavy atom. The molecule has 24 heavy (non-hydrogen) atoms. The lowest BCUT2D eigenvalue weighted by molar-refractivity contribution is 0.290. The molecule has 0 saturated heterocycles. The smallest absolute Gasteiger partial charge is 0.263 e. The van der Waals surface area contributed by atoms with Crippen molar-refractivity contribution in [3.8, 4) is 5.75 Å². The molecule has 0 aliphatic carbocycles. The molecule has 0 N–H and O–H groups in total. The molecule has 2 aromatic heterocycles. The van der Waals surface area contributed by atoms with Gasteiger partial charge in [-0.15, -0.1) is 11.3 Å². The molecule has 0 amide bonds. The van der Waals surface area contributed by atoms with Gasteiger partial charge < -0.3 is 4.74 Å². The van der Waals surface area contributed by atoms with Crippen molar-refractivity contribution < 1.29 is 4.74 Å². The number of thioether (sulfide) groups is 1. The number of benzene rings is 1. The Kier molecular flexibility index (Phi) is 5.26. The van der Waals surface area contributed by atoms with Gasteiger partial charge in [0.15, 0.2) is 5.16 Å². The van der Waals surface area contributed by atoms with E-state index < -0.39 is 0 Å². The molecule has 0 bridgehead atoms. The van der Waals surface area contributed by atoms with Crippen LogP contribution in [0.4, 0.5) is 0 Å². The van der Waals surface area contributed by atoms with Crippen molar-refractivity contribution in [2.45, 2.75) is 32.0 Å². The van der Waals surface area contributed by atoms with Crippen LogP contribution in [-0.4, -0.2) is 22.4 Å². The average Bonchev–Trinajstić information content (AvgIpc) is 3.02. The van der Waals surface area contributed by atoms with Gasteiger partial charge in [0.05, 0.1) is 11.9 Å². The summed E-state index contributed by atoms with van der Waals surface area (Å²) in [5, 5.41) is 1.45. The number of ether oxygens (including phenoxy) is 1. The van der Waals surface area contributed by atoms with Gasteiger partial charge in [0, 0.05) is 4.88 Å². The lowest BCUT2D eigenvalue weighted by Crippen LogP contribution is -2.25. The number of hydrogen-bond acceptors (Lipinski definition) is 5. The second-order valence-electron chi connectivity index (χ2n) is 5.50. The molecule has 0 aliphatic heterocycles. The summed E-state index contributed by atoms with van der Waals surface area (Å²) >= 11 is 3.10. The molecule has 0 atom stereocenters. The molecule has 0 saturated carbocycles. The largest absolute Gasteiger partial charge is 0.492 e. The standard InChI is InChI=1S/C18H20N2O2S2/c1-4-14-11-15-16(24-14)19-18(23-3)20(17(15)21)9-10-22-13-7-5-12(2)6-8-13/h5-8,11H,4,9-10H2,1-3H3. The third kappa shape index (κ3) is 3.49. The van der Waals surface area contributed by atoms with E-state index in [0.717, 1.165) is 22.2 Å². The van der Waals surface area contributed by atoms with E-state index in [-0.39, 0.29) is 5.56 Å². The highest BCUT2D eigenvalue weighted by Gasteiger charge is 2.13. The van der Waals surface area contributed by atoms with E-state index in [1.54, 1.807) is 15.9 Å². The lowest BCUT2D eigenvalue weighted by Gasteiger charge is -2.11. The number of hydrogen-bond donors (Lipinski definition) is 0. The summed E-state index contributed by atoms with van der Waals surface area (Å²) < 4.78 is 7.48. The summed E-state index contributed by atoms with van der Waals surface area (Å²) in [6.45, 7) is 5.06. The van der Waals surface area contributed by atoms with Crippen molar-refractivity contribution in [3.63, 3.8) is 0 Å². The normalized spacial score (nSPS) is 11.1. The van der Waals surface area contributed by atoms with Gasteiger partial charge >= 0.3 is 0 Å². The van der Waals surface area contributed by atoms with Crippen molar-refractivity contribution in [2.75, 3.05) is 12.9 Å². The van der Waals surface area contributed by atoms with E-state index in [1.165, 1.54) is 22.2 Å². The van der Waals surface area contributed by atoms with Gasteiger partial charge in [-0.25, -0.2) is 4.98 Å². The van der Waals surface area contributed by atoms with Crippen LogP contribution in [0.3, 0.4) is 0 Å². The first-order valence-electron chi connectivity index (χ1n) is 7.89. The maximum Gasteiger partial charge on any atom is 0.263 e. The third-order valence-electron chi connectivity index (χ3n) is 3.80. The fraction of sp³-hybridized carbons (Fsp3) is 0.333. The summed E-state index contributed by atoms with van der Waals surface area (Å²) in [6, 6.07) is 9.89. The highest BCUT2D eigenvalue weighted by atomic mass is 32.2. The Bertz CT molecular complexity index is 898. The number of aryl methyl sites for hydroxylation is 2. The van der Waals surface area contributed by atoms with Gasteiger partial charge in [-0.1, -0.05) is 36.4 Å². The van der Waals surface area contributed by atoms with Crippen molar-refractivity contribution in [1.82, 2.24) is 9.55 Å². The van der Waals surface area contributed by atoms with E-state index in [1.807, 2.05) is 43.5 Å². The van der Waals surface area contributed by atoms with Crippen LogP contribution >= 0.6 is 23.1 Å². The Balaban J connectivity index is 1.83. The summed E-state index contributed by atoms with van der Waals surface area (Å²) in [5.41, 5.74) is 1.22. The van der Waals surface area contributed by atoms with Crippen LogP contribution in [-0.2, 0) is 13.0 Å². The van der Waals surface area contributed by atoms with Crippen LogP contribution in [0, 0.1) is 6.92 Å².